The Bertz CT molecular complexity index is 1370. The molecule has 4 aromatic rings. The van der Waals surface area contributed by atoms with Gasteiger partial charge in [-0.2, -0.15) is 0 Å². The number of hydrogen-bond acceptors (Lipinski definition) is 5. The normalized spacial score (nSPS) is 13.3. The molecule has 0 N–H and O–H groups in total. The number of nitrogens with zero attached hydrogens (tertiary/aromatic N) is 2. The second-order valence-corrected chi connectivity index (χ2v) is 8.25. The lowest BCUT2D eigenvalue weighted by molar-refractivity contribution is 0.559. The molecule has 2 heterocycles. The van der Waals surface area contributed by atoms with Gasteiger partial charge < -0.3 is 4.42 Å². The number of hydrogen-bond donors (Lipinski definition) is 0. The largest absolute Gasteiger partial charge is 0.423 e. The van der Waals surface area contributed by atoms with Crippen LogP contribution < -0.4 is 11.2 Å². The van der Waals surface area contributed by atoms with Crippen molar-refractivity contribution in [3.63, 3.8) is 0 Å². The van der Waals surface area contributed by atoms with E-state index < -0.39 is 0 Å². The van der Waals surface area contributed by atoms with Crippen molar-refractivity contribution in [2.45, 2.75) is 43.6 Å². The maximum atomic E-state index is 12.8. The summed E-state index contributed by atoms with van der Waals surface area (Å²) in [5.41, 5.74) is 4.50. The molecule has 0 amide bonds. The third-order valence-electron chi connectivity index (χ3n) is 5.54. The smallest absolute Gasteiger partial charge is 0.336 e. The van der Waals surface area contributed by atoms with Gasteiger partial charge in [-0.3, -0.25) is 9.36 Å². The minimum atomic E-state index is -0.342. The lowest BCUT2D eigenvalue weighted by atomic mass is 10.0. The Labute approximate surface area is 171 Å². The molecular formula is C23H20N2O3S. The van der Waals surface area contributed by atoms with Gasteiger partial charge in [0.05, 0.1) is 10.9 Å². The van der Waals surface area contributed by atoms with Crippen molar-refractivity contribution in [2.24, 2.45) is 0 Å². The van der Waals surface area contributed by atoms with Crippen LogP contribution in [0.4, 0.5) is 0 Å². The van der Waals surface area contributed by atoms with Gasteiger partial charge in [0, 0.05) is 23.8 Å². The van der Waals surface area contributed by atoms with Crippen molar-refractivity contribution in [1.29, 1.82) is 0 Å². The molecule has 0 bridgehead atoms. The van der Waals surface area contributed by atoms with E-state index in [9.17, 15) is 9.59 Å². The summed E-state index contributed by atoms with van der Waals surface area (Å²) < 4.78 is 7.16. The van der Waals surface area contributed by atoms with E-state index in [1.807, 2.05) is 37.3 Å². The van der Waals surface area contributed by atoms with Crippen LogP contribution in [0.2, 0.25) is 0 Å². The molecule has 6 heteroatoms. The van der Waals surface area contributed by atoms with Crippen molar-refractivity contribution in [3.05, 3.63) is 79.9 Å². The molecule has 1 aliphatic rings. The van der Waals surface area contributed by atoms with Gasteiger partial charge in [-0.15, -0.1) is 0 Å². The Kier molecular flexibility index (Phi) is 4.51. The quantitative estimate of drug-likeness (QED) is 0.288. The standard InChI is InChI=1S/C23H20N2O3S/c1-2-25-22(27)17-8-3-4-9-19(17)24-23(25)29-13-16-12-21(26)28-20-11-15-7-5-6-14(15)10-18(16)20/h3-4,8-12H,2,5-7,13H2,1H3. The number of benzene rings is 2. The van der Waals surface area contributed by atoms with Gasteiger partial charge in [-0.05, 0) is 67.1 Å². The Hall–Kier alpha value is -2.86. The van der Waals surface area contributed by atoms with E-state index >= 15 is 0 Å². The zero-order valence-corrected chi connectivity index (χ0v) is 16.9. The van der Waals surface area contributed by atoms with Crippen LogP contribution >= 0.6 is 11.8 Å². The zero-order valence-electron chi connectivity index (χ0n) is 16.1. The SMILES string of the molecule is CCn1c(SCc2cc(=O)oc3cc4c(cc23)CCC4)nc2ccccc2c1=O. The monoisotopic (exact) mass is 404 g/mol. The minimum absolute atomic E-state index is 0.0316. The number of aromatic nitrogens is 2. The van der Waals surface area contributed by atoms with Crippen molar-refractivity contribution < 1.29 is 4.42 Å². The van der Waals surface area contributed by atoms with Crippen LogP contribution in [0, 0.1) is 0 Å². The topological polar surface area (TPSA) is 65.1 Å². The first-order valence-electron chi connectivity index (χ1n) is 9.85. The van der Waals surface area contributed by atoms with Crippen LogP contribution in [0.1, 0.15) is 30.0 Å². The minimum Gasteiger partial charge on any atom is -0.423 e. The van der Waals surface area contributed by atoms with Crippen LogP contribution in [0.15, 0.2) is 61.6 Å². The van der Waals surface area contributed by atoms with Gasteiger partial charge in [0.2, 0.25) is 0 Å². The zero-order chi connectivity index (χ0) is 20.0. The predicted octanol–water partition coefficient (Wildman–Crippen LogP) is 4.30. The Balaban J connectivity index is 1.57. The van der Waals surface area contributed by atoms with Gasteiger partial charge in [0.25, 0.3) is 5.56 Å². The van der Waals surface area contributed by atoms with E-state index in [1.165, 1.54) is 22.9 Å². The van der Waals surface area contributed by atoms with Crippen LogP contribution in [0.25, 0.3) is 21.9 Å². The van der Waals surface area contributed by atoms with Gasteiger partial charge in [-0.25, -0.2) is 9.78 Å². The molecular weight excluding hydrogens is 384 g/mol. The summed E-state index contributed by atoms with van der Waals surface area (Å²) in [6, 6.07) is 13.1. The molecule has 29 heavy (non-hydrogen) atoms. The number of para-hydroxylation sites is 1. The number of rotatable bonds is 4. The molecule has 5 rings (SSSR count). The van der Waals surface area contributed by atoms with Crippen molar-refractivity contribution >= 4 is 33.6 Å². The maximum absolute atomic E-state index is 12.8. The molecule has 0 unspecified atom stereocenters. The first-order valence-corrected chi connectivity index (χ1v) is 10.8. The van der Waals surface area contributed by atoms with E-state index in [0.717, 1.165) is 30.2 Å². The highest BCUT2D eigenvalue weighted by atomic mass is 32.2. The van der Waals surface area contributed by atoms with Crippen LogP contribution in [-0.2, 0) is 25.1 Å². The van der Waals surface area contributed by atoms with E-state index in [0.29, 0.717) is 33.9 Å². The number of fused-ring (bicyclic) bond motifs is 3. The third-order valence-corrected chi connectivity index (χ3v) is 6.57. The molecule has 0 radical (unpaired) electrons. The fourth-order valence-electron chi connectivity index (χ4n) is 4.09. The lowest BCUT2D eigenvalue weighted by Gasteiger charge is -2.12. The molecule has 2 aromatic heterocycles. The Morgan fingerprint density at radius 1 is 1.07 bits per heavy atom. The first kappa shape index (κ1) is 18.2. The number of thioether (sulfide) groups is 1. The van der Waals surface area contributed by atoms with E-state index in [2.05, 4.69) is 6.07 Å². The lowest BCUT2D eigenvalue weighted by Crippen LogP contribution is -2.22. The molecule has 0 atom stereocenters. The number of aryl methyl sites for hydroxylation is 2. The highest BCUT2D eigenvalue weighted by molar-refractivity contribution is 7.98. The molecule has 0 saturated heterocycles. The summed E-state index contributed by atoms with van der Waals surface area (Å²) in [6.45, 7) is 2.49. The van der Waals surface area contributed by atoms with Crippen molar-refractivity contribution in [1.82, 2.24) is 9.55 Å². The fourth-order valence-corrected chi connectivity index (χ4v) is 5.15. The summed E-state index contributed by atoms with van der Waals surface area (Å²) in [5.74, 6) is 0.547. The summed E-state index contributed by atoms with van der Waals surface area (Å²) >= 11 is 1.48. The van der Waals surface area contributed by atoms with Crippen LogP contribution in [0.5, 0.6) is 0 Å². The molecule has 1 aliphatic carbocycles. The summed E-state index contributed by atoms with van der Waals surface area (Å²) in [6.07, 6.45) is 3.25. The van der Waals surface area contributed by atoms with E-state index in [1.54, 1.807) is 10.6 Å². The van der Waals surface area contributed by atoms with Crippen molar-refractivity contribution in [2.75, 3.05) is 0 Å². The molecule has 0 spiro atoms. The van der Waals surface area contributed by atoms with Gasteiger partial charge in [-0.1, -0.05) is 23.9 Å². The van der Waals surface area contributed by atoms with Crippen LogP contribution in [-0.4, -0.2) is 9.55 Å². The molecule has 146 valence electrons. The van der Waals surface area contributed by atoms with E-state index in [-0.39, 0.29) is 11.2 Å². The van der Waals surface area contributed by atoms with Gasteiger partial charge in [0.15, 0.2) is 5.16 Å². The average molecular weight is 404 g/mol. The van der Waals surface area contributed by atoms with E-state index in [4.69, 9.17) is 9.40 Å². The summed E-state index contributed by atoms with van der Waals surface area (Å²) in [7, 11) is 0. The molecule has 0 saturated carbocycles. The van der Waals surface area contributed by atoms with Crippen molar-refractivity contribution in [3.8, 4) is 0 Å². The highest BCUT2D eigenvalue weighted by Gasteiger charge is 2.16. The highest BCUT2D eigenvalue weighted by Crippen LogP contribution is 2.31. The van der Waals surface area contributed by atoms with Gasteiger partial charge >= 0.3 is 5.63 Å². The Morgan fingerprint density at radius 3 is 2.69 bits per heavy atom. The van der Waals surface area contributed by atoms with Crippen LogP contribution in [0.3, 0.4) is 0 Å². The second kappa shape index (κ2) is 7.19. The molecule has 0 fully saturated rings. The predicted molar refractivity (Wildman–Crippen MR) is 116 cm³/mol. The molecule has 2 aromatic carbocycles. The third kappa shape index (κ3) is 3.17. The fraction of sp³-hybridized carbons (Fsp3) is 0.261. The second-order valence-electron chi connectivity index (χ2n) is 7.31. The molecule has 5 nitrogen and oxygen atoms in total. The molecule has 0 aliphatic heterocycles. The maximum Gasteiger partial charge on any atom is 0.336 e. The Morgan fingerprint density at radius 2 is 1.86 bits per heavy atom. The van der Waals surface area contributed by atoms with Gasteiger partial charge in [0.1, 0.15) is 5.58 Å². The average Bonchev–Trinajstić information content (AvgIpc) is 3.18. The summed E-state index contributed by atoms with van der Waals surface area (Å²) in [4.78, 5) is 29.7. The first-order chi connectivity index (χ1) is 14.1. The summed E-state index contributed by atoms with van der Waals surface area (Å²) in [5, 5.41) is 2.27.